The predicted octanol–water partition coefficient (Wildman–Crippen LogP) is 1.00. The summed E-state index contributed by atoms with van der Waals surface area (Å²) in [6.45, 7) is 3.34. The van der Waals surface area contributed by atoms with Gasteiger partial charge in [-0.3, -0.25) is 9.78 Å². The largest absolute Gasteiger partial charge is 0.336 e. The minimum Gasteiger partial charge on any atom is -0.336 e. The van der Waals surface area contributed by atoms with Gasteiger partial charge < -0.3 is 15.5 Å². The molecule has 2 aliphatic rings. The van der Waals surface area contributed by atoms with Crippen LogP contribution in [0.25, 0.3) is 0 Å². The van der Waals surface area contributed by atoms with Crippen LogP contribution in [0.4, 0.5) is 4.79 Å². The van der Waals surface area contributed by atoms with Crippen LogP contribution < -0.4 is 10.6 Å². The summed E-state index contributed by atoms with van der Waals surface area (Å²) in [6.07, 6.45) is 5.07. The van der Waals surface area contributed by atoms with Crippen molar-refractivity contribution in [3.8, 4) is 0 Å². The molecule has 1 aromatic heterocycles. The van der Waals surface area contributed by atoms with Crippen molar-refractivity contribution in [2.45, 2.75) is 31.8 Å². The second kappa shape index (κ2) is 5.71. The molecule has 1 saturated carbocycles. The molecule has 3 atom stereocenters. The van der Waals surface area contributed by atoms with E-state index in [4.69, 9.17) is 0 Å². The first-order valence-electron chi connectivity index (χ1n) is 7.40. The van der Waals surface area contributed by atoms with Crippen molar-refractivity contribution in [2.75, 3.05) is 13.1 Å². The van der Waals surface area contributed by atoms with E-state index in [1.165, 1.54) is 0 Å². The number of hydrogen-bond acceptors (Lipinski definition) is 3. The average Bonchev–Trinajstić information content (AvgIpc) is 2.99. The van der Waals surface area contributed by atoms with Gasteiger partial charge in [0.2, 0.25) is 0 Å². The lowest BCUT2D eigenvalue weighted by atomic mass is 10.2. The highest BCUT2D eigenvalue weighted by Crippen LogP contribution is 2.28. The smallest absolute Gasteiger partial charge is 0.315 e. The van der Waals surface area contributed by atoms with Gasteiger partial charge >= 0.3 is 6.03 Å². The Morgan fingerprint density at radius 2 is 2.19 bits per heavy atom. The Morgan fingerprint density at radius 3 is 2.86 bits per heavy atom. The molecule has 21 heavy (non-hydrogen) atoms. The Bertz CT molecular complexity index is 534. The van der Waals surface area contributed by atoms with Crippen LogP contribution in [0.15, 0.2) is 24.5 Å². The molecule has 6 heteroatoms. The Labute approximate surface area is 123 Å². The van der Waals surface area contributed by atoms with Crippen molar-refractivity contribution in [1.82, 2.24) is 20.5 Å². The lowest BCUT2D eigenvalue weighted by Crippen LogP contribution is -2.44. The highest BCUT2D eigenvalue weighted by molar-refractivity contribution is 5.94. The monoisotopic (exact) mass is 288 g/mol. The first-order valence-corrected chi connectivity index (χ1v) is 7.40. The molecule has 0 radical (unpaired) electrons. The molecule has 1 saturated heterocycles. The number of nitrogens with one attached hydrogen (secondary N) is 2. The maximum absolute atomic E-state index is 12.3. The van der Waals surface area contributed by atoms with Crippen LogP contribution in [-0.2, 0) is 0 Å². The predicted molar refractivity (Wildman–Crippen MR) is 77.8 cm³/mol. The number of amides is 3. The standard InChI is InChI=1S/C15H20N4O2/c1-10-7-13(10)18-15(21)17-12-4-6-19(9-12)14(20)11-3-2-5-16-8-11/h2-3,5,8,10,12-13H,4,6-7,9H2,1H3,(H2,17,18,21)/t10-,12+,13-/m1/s1. The van der Waals surface area contributed by atoms with Crippen LogP contribution in [0.2, 0.25) is 0 Å². The SMILES string of the molecule is C[C@@H]1C[C@H]1NC(=O)N[C@H]1CCN(C(=O)c2cccnc2)C1. The molecule has 1 aliphatic carbocycles. The van der Waals surface area contributed by atoms with Gasteiger partial charge in [-0.15, -0.1) is 0 Å². The molecule has 2 fully saturated rings. The van der Waals surface area contributed by atoms with Crippen LogP contribution in [0.5, 0.6) is 0 Å². The third-order valence-corrected chi connectivity index (χ3v) is 4.15. The van der Waals surface area contributed by atoms with E-state index < -0.39 is 0 Å². The van der Waals surface area contributed by atoms with Crippen LogP contribution in [0, 0.1) is 5.92 Å². The summed E-state index contributed by atoms with van der Waals surface area (Å²) in [5.74, 6) is 0.562. The van der Waals surface area contributed by atoms with E-state index >= 15 is 0 Å². The van der Waals surface area contributed by atoms with Gasteiger partial charge in [0.25, 0.3) is 5.91 Å². The molecule has 0 spiro atoms. The zero-order chi connectivity index (χ0) is 14.8. The summed E-state index contributed by atoms with van der Waals surface area (Å²) in [5, 5.41) is 5.89. The molecular weight excluding hydrogens is 268 g/mol. The topological polar surface area (TPSA) is 74.3 Å². The summed E-state index contributed by atoms with van der Waals surface area (Å²) < 4.78 is 0. The van der Waals surface area contributed by atoms with Crippen LogP contribution in [0.1, 0.15) is 30.1 Å². The Morgan fingerprint density at radius 1 is 1.38 bits per heavy atom. The molecule has 2 N–H and O–H groups in total. The fourth-order valence-electron chi connectivity index (χ4n) is 2.65. The number of hydrogen-bond donors (Lipinski definition) is 2. The number of aromatic nitrogens is 1. The van der Waals surface area contributed by atoms with Crippen LogP contribution >= 0.6 is 0 Å². The lowest BCUT2D eigenvalue weighted by Gasteiger charge is -2.17. The zero-order valence-electron chi connectivity index (χ0n) is 12.1. The number of urea groups is 1. The average molecular weight is 288 g/mol. The van der Waals surface area contributed by atoms with Gasteiger partial charge in [0.1, 0.15) is 0 Å². The van der Waals surface area contributed by atoms with E-state index in [9.17, 15) is 9.59 Å². The van der Waals surface area contributed by atoms with E-state index in [0.29, 0.717) is 30.6 Å². The van der Waals surface area contributed by atoms with Crippen molar-refractivity contribution < 1.29 is 9.59 Å². The van der Waals surface area contributed by atoms with Gasteiger partial charge in [-0.1, -0.05) is 6.92 Å². The van der Waals surface area contributed by atoms with Crippen LogP contribution in [0.3, 0.4) is 0 Å². The van der Waals surface area contributed by atoms with Gasteiger partial charge in [-0.2, -0.15) is 0 Å². The van der Waals surface area contributed by atoms with Crippen molar-refractivity contribution in [3.05, 3.63) is 30.1 Å². The Balaban J connectivity index is 1.49. The minimum absolute atomic E-state index is 0.0244. The van der Waals surface area contributed by atoms with Crippen molar-refractivity contribution in [3.63, 3.8) is 0 Å². The highest BCUT2D eigenvalue weighted by Gasteiger charge is 2.35. The fourth-order valence-corrected chi connectivity index (χ4v) is 2.65. The summed E-state index contributed by atoms with van der Waals surface area (Å²) in [6, 6.07) is 3.74. The molecule has 3 rings (SSSR count). The molecular formula is C15H20N4O2. The maximum Gasteiger partial charge on any atom is 0.315 e. The first-order chi connectivity index (χ1) is 10.1. The van der Waals surface area contributed by atoms with Gasteiger partial charge in [0.15, 0.2) is 0 Å². The number of carbonyl (C=O) groups excluding carboxylic acids is 2. The molecule has 3 amide bonds. The number of pyridine rings is 1. The Kier molecular flexibility index (Phi) is 3.77. The molecule has 2 heterocycles. The fraction of sp³-hybridized carbons (Fsp3) is 0.533. The van der Waals surface area contributed by atoms with Gasteiger partial charge in [-0.05, 0) is 30.9 Å². The second-order valence-electron chi connectivity index (χ2n) is 5.92. The normalized spacial score (nSPS) is 27.3. The quantitative estimate of drug-likeness (QED) is 0.871. The van der Waals surface area contributed by atoms with E-state index in [-0.39, 0.29) is 18.0 Å². The molecule has 112 valence electrons. The van der Waals surface area contributed by atoms with Gasteiger partial charge in [0, 0.05) is 37.6 Å². The van der Waals surface area contributed by atoms with Gasteiger partial charge in [0.05, 0.1) is 5.56 Å². The zero-order valence-corrected chi connectivity index (χ0v) is 12.1. The molecule has 0 aromatic carbocycles. The molecule has 0 unspecified atom stereocenters. The van der Waals surface area contributed by atoms with Crippen LogP contribution in [-0.4, -0.2) is 47.0 Å². The summed E-state index contributed by atoms with van der Waals surface area (Å²) in [5.41, 5.74) is 0.592. The number of nitrogens with zero attached hydrogens (tertiary/aromatic N) is 2. The molecule has 1 aromatic rings. The van der Waals surface area contributed by atoms with Crippen molar-refractivity contribution in [1.29, 1.82) is 0 Å². The lowest BCUT2D eigenvalue weighted by molar-refractivity contribution is 0.0789. The highest BCUT2D eigenvalue weighted by atomic mass is 16.2. The van der Waals surface area contributed by atoms with E-state index in [0.717, 1.165) is 12.8 Å². The molecule has 6 nitrogen and oxygen atoms in total. The first kappa shape index (κ1) is 13.9. The Hall–Kier alpha value is -2.11. The summed E-state index contributed by atoms with van der Waals surface area (Å²) >= 11 is 0. The van der Waals surface area contributed by atoms with E-state index in [1.54, 1.807) is 29.4 Å². The van der Waals surface area contributed by atoms with E-state index in [1.807, 2.05) is 0 Å². The summed E-state index contributed by atoms with van der Waals surface area (Å²) in [7, 11) is 0. The molecule has 0 bridgehead atoms. The number of rotatable bonds is 3. The number of carbonyl (C=O) groups is 2. The third kappa shape index (κ3) is 3.32. The third-order valence-electron chi connectivity index (χ3n) is 4.15. The minimum atomic E-state index is -0.120. The van der Waals surface area contributed by atoms with Crippen molar-refractivity contribution in [2.24, 2.45) is 5.92 Å². The maximum atomic E-state index is 12.3. The summed E-state index contributed by atoms with van der Waals surface area (Å²) in [4.78, 5) is 29.8. The molecule has 1 aliphatic heterocycles. The van der Waals surface area contributed by atoms with Gasteiger partial charge in [-0.25, -0.2) is 4.79 Å². The number of likely N-dealkylation sites (tertiary alicyclic amines) is 1. The second-order valence-corrected chi connectivity index (χ2v) is 5.92. The van der Waals surface area contributed by atoms with Crippen molar-refractivity contribution >= 4 is 11.9 Å². The van der Waals surface area contributed by atoms with E-state index in [2.05, 4.69) is 22.5 Å².